The Bertz CT molecular complexity index is 543. The molecule has 2 nitrogen and oxygen atoms in total. The second-order valence-electron chi connectivity index (χ2n) is 3.84. The monoisotopic (exact) mass is 299 g/mol. The third-order valence-corrected chi connectivity index (χ3v) is 3.02. The van der Waals surface area contributed by atoms with Gasteiger partial charge in [-0.15, -0.1) is 0 Å². The van der Waals surface area contributed by atoms with Crippen LogP contribution >= 0.6 is 23.2 Å². The highest BCUT2D eigenvalue weighted by Crippen LogP contribution is 2.32. The van der Waals surface area contributed by atoms with Crippen molar-refractivity contribution in [1.29, 1.82) is 0 Å². The predicted octanol–water partition coefficient (Wildman–Crippen LogP) is 4.62. The molecule has 0 saturated carbocycles. The maximum atomic E-state index is 12.9. The molecular formula is C14H12Cl2FNO. The molecule has 0 aliphatic rings. The number of para-hydroxylation sites is 1. The van der Waals surface area contributed by atoms with Crippen LogP contribution in [0.3, 0.4) is 0 Å². The molecule has 19 heavy (non-hydrogen) atoms. The molecule has 1 N–H and O–H groups in total. The SMILES string of the molecule is Fc1cccc(NCCOc2c(Cl)cccc2Cl)c1. The van der Waals surface area contributed by atoms with Crippen molar-refractivity contribution in [1.82, 2.24) is 0 Å². The van der Waals surface area contributed by atoms with Gasteiger partial charge in [0.25, 0.3) is 0 Å². The van der Waals surface area contributed by atoms with Crippen LogP contribution in [-0.4, -0.2) is 13.2 Å². The van der Waals surface area contributed by atoms with Gasteiger partial charge in [0, 0.05) is 12.2 Å². The summed E-state index contributed by atoms with van der Waals surface area (Å²) in [4.78, 5) is 0. The van der Waals surface area contributed by atoms with Crippen LogP contribution in [0.5, 0.6) is 5.75 Å². The first-order chi connectivity index (χ1) is 9.16. The molecule has 2 aromatic carbocycles. The molecule has 0 aromatic heterocycles. The van der Waals surface area contributed by atoms with Crippen LogP contribution in [0.15, 0.2) is 42.5 Å². The van der Waals surface area contributed by atoms with E-state index < -0.39 is 0 Å². The Morgan fingerprint density at radius 2 is 1.74 bits per heavy atom. The van der Waals surface area contributed by atoms with E-state index in [2.05, 4.69) is 5.32 Å². The molecule has 0 saturated heterocycles. The maximum absolute atomic E-state index is 12.9. The van der Waals surface area contributed by atoms with Crippen LogP contribution in [0.1, 0.15) is 0 Å². The lowest BCUT2D eigenvalue weighted by Gasteiger charge is -2.11. The highest BCUT2D eigenvalue weighted by Gasteiger charge is 2.05. The minimum absolute atomic E-state index is 0.278. The van der Waals surface area contributed by atoms with Crippen molar-refractivity contribution in [3.63, 3.8) is 0 Å². The molecule has 0 aliphatic heterocycles. The van der Waals surface area contributed by atoms with Gasteiger partial charge in [0.2, 0.25) is 0 Å². The van der Waals surface area contributed by atoms with Crippen LogP contribution in [0.25, 0.3) is 0 Å². The Balaban J connectivity index is 1.84. The van der Waals surface area contributed by atoms with Gasteiger partial charge < -0.3 is 10.1 Å². The van der Waals surface area contributed by atoms with Crippen molar-refractivity contribution >= 4 is 28.9 Å². The number of ether oxygens (including phenoxy) is 1. The van der Waals surface area contributed by atoms with E-state index in [0.717, 1.165) is 0 Å². The van der Waals surface area contributed by atoms with E-state index >= 15 is 0 Å². The van der Waals surface area contributed by atoms with Crippen LogP contribution in [0.2, 0.25) is 10.0 Å². The minimum Gasteiger partial charge on any atom is -0.489 e. The average molecular weight is 300 g/mol. The number of hydrogen-bond acceptors (Lipinski definition) is 2. The van der Waals surface area contributed by atoms with Gasteiger partial charge >= 0.3 is 0 Å². The Hall–Kier alpha value is -1.45. The second kappa shape index (κ2) is 6.64. The summed E-state index contributed by atoms with van der Waals surface area (Å²) in [5.41, 5.74) is 0.703. The van der Waals surface area contributed by atoms with E-state index in [4.69, 9.17) is 27.9 Å². The van der Waals surface area contributed by atoms with Crippen molar-refractivity contribution < 1.29 is 9.13 Å². The van der Waals surface area contributed by atoms with Gasteiger partial charge in [0.1, 0.15) is 12.4 Å². The topological polar surface area (TPSA) is 21.3 Å². The third-order valence-electron chi connectivity index (χ3n) is 2.42. The third kappa shape index (κ3) is 4.01. The molecule has 0 heterocycles. The van der Waals surface area contributed by atoms with Gasteiger partial charge in [-0.25, -0.2) is 4.39 Å². The highest BCUT2D eigenvalue weighted by atomic mass is 35.5. The summed E-state index contributed by atoms with van der Waals surface area (Å²) in [5, 5.41) is 3.98. The summed E-state index contributed by atoms with van der Waals surface area (Å²) in [6, 6.07) is 11.4. The summed E-state index contributed by atoms with van der Waals surface area (Å²) in [5.74, 6) is 0.187. The summed E-state index contributed by atoms with van der Waals surface area (Å²) in [6.45, 7) is 0.894. The zero-order chi connectivity index (χ0) is 13.7. The Kier molecular flexibility index (Phi) is 4.88. The zero-order valence-electron chi connectivity index (χ0n) is 10.00. The van der Waals surface area contributed by atoms with Crippen molar-refractivity contribution in [3.8, 4) is 5.75 Å². The first kappa shape index (κ1) is 14.0. The van der Waals surface area contributed by atoms with E-state index in [1.807, 2.05) is 0 Å². The molecular weight excluding hydrogens is 288 g/mol. The van der Waals surface area contributed by atoms with Crippen molar-refractivity contribution in [3.05, 3.63) is 58.3 Å². The van der Waals surface area contributed by atoms with Crippen molar-refractivity contribution in [2.45, 2.75) is 0 Å². The number of anilines is 1. The van der Waals surface area contributed by atoms with E-state index in [-0.39, 0.29) is 5.82 Å². The van der Waals surface area contributed by atoms with Crippen LogP contribution in [0, 0.1) is 5.82 Å². The maximum Gasteiger partial charge on any atom is 0.156 e. The molecule has 0 atom stereocenters. The quantitative estimate of drug-likeness (QED) is 0.813. The predicted molar refractivity (Wildman–Crippen MR) is 76.8 cm³/mol. The normalized spacial score (nSPS) is 10.3. The van der Waals surface area contributed by atoms with Gasteiger partial charge in [0.05, 0.1) is 10.0 Å². The van der Waals surface area contributed by atoms with Gasteiger partial charge in [-0.05, 0) is 30.3 Å². The molecule has 5 heteroatoms. The largest absolute Gasteiger partial charge is 0.489 e. The lowest BCUT2D eigenvalue weighted by Crippen LogP contribution is -2.11. The summed E-state index contributed by atoms with van der Waals surface area (Å²) < 4.78 is 18.4. The lowest BCUT2D eigenvalue weighted by molar-refractivity contribution is 0.333. The molecule has 0 unspecified atom stereocenters. The van der Waals surface area contributed by atoms with E-state index in [0.29, 0.717) is 34.6 Å². The van der Waals surface area contributed by atoms with Gasteiger partial charge in [0.15, 0.2) is 5.75 Å². The Morgan fingerprint density at radius 3 is 2.42 bits per heavy atom. The highest BCUT2D eigenvalue weighted by molar-refractivity contribution is 6.37. The summed E-state index contributed by atoms with van der Waals surface area (Å²) in [7, 11) is 0. The van der Waals surface area contributed by atoms with E-state index in [1.165, 1.54) is 12.1 Å². The van der Waals surface area contributed by atoms with Crippen LogP contribution < -0.4 is 10.1 Å². The number of halogens is 3. The molecule has 2 aromatic rings. The average Bonchev–Trinajstić information content (AvgIpc) is 2.37. The smallest absolute Gasteiger partial charge is 0.156 e. The van der Waals surface area contributed by atoms with Crippen LogP contribution in [-0.2, 0) is 0 Å². The molecule has 0 aliphatic carbocycles. The van der Waals surface area contributed by atoms with Gasteiger partial charge in [-0.3, -0.25) is 0 Å². The molecule has 0 fully saturated rings. The number of nitrogens with one attached hydrogen (secondary N) is 1. The minimum atomic E-state index is -0.278. The summed E-state index contributed by atoms with van der Waals surface area (Å²) in [6.07, 6.45) is 0. The van der Waals surface area contributed by atoms with Crippen molar-refractivity contribution in [2.24, 2.45) is 0 Å². The standard InChI is InChI=1S/C14H12Cl2FNO/c15-12-5-2-6-13(16)14(12)19-8-7-18-11-4-1-3-10(17)9-11/h1-6,9,18H,7-8H2. The van der Waals surface area contributed by atoms with Gasteiger partial charge in [-0.2, -0.15) is 0 Å². The first-order valence-electron chi connectivity index (χ1n) is 5.73. The number of rotatable bonds is 5. The molecule has 0 spiro atoms. The number of benzene rings is 2. The fourth-order valence-electron chi connectivity index (χ4n) is 1.57. The molecule has 100 valence electrons. The summed E-state index contributed by atoms with van der Waals surface area (Å²) >= 11 is 11.9. The molecule has 0 radical (unpaired) electrons. The first-order valence-corrected chi connectivity index (χ1v) is 6.48. The van der Waals surface area contributed by atoms with E-state index in [1.54, 1.807) is 30.3 Å². The zero-order valence-corrected chi connectivity index (χ0v) is 11.5. The molecule has 2 rings (SSSR count). The number of hydrogen-bond donors (Lipinski definition) is 1. The van der Waals surface area contributed by atoms with Gasteiger partial charge in [-0.1, -0.05) is 35.3 Å². The lowest BCUT2D eigenvalue weighted by atomic mass is 10.3. The van der Waals surface area contributed by atoms with Crippen molar-refractivity contribution in [2.75, 3.05) is 18.5 Å². The Labute approximate surface area is 121 Å². The second-order valence-corrected chi connectivity index (χ2v) is 4.65. The van der Waals surface area contributed by atoms with Crippen LogP contribution in [0.4, 0.5) is 10.1 Å². The fraction of sp³-hybridized carbons (Fsp3) is 0.143. The fourth-order valence-corrected chi connectivity index (χ4v) is 2.07. The molecule has 0 bridgehead atoms. The molecule has 0 amide bonds. The Morgan fingerprint density at radius 1 is 1.05 bits per heavy atom. The van der Waals surface area contributed by atoms with E-state index in [9.17, 15) is 4.39 Å².